The maximum absolute atomic E-state index is 5.73. The number of aromatic nitrogens is 2. The Labute approximate surface area is 212 Å². The van der Waals surface area contributed by atoms with Crippen LogP contribution in [0.3, 0.4) is 0 Å². The molecule has 178 valence electrons. The van der Waals surface area contributed by atoms with Crippen LogP contribution in [0.1, 0.15) is 35.9 Å². The van der Waals surface area contributed by atoms with Crippen LogP contribution in [0, 0.1) is 19.8 Å². The average molecular weight is 564 g/mol. The summed E-state index contributed by atoms with van der Waals surface area (Å²) in [4.78, 5) is 15.8. The minimum absolute atomic E-state index is 0. The van der Waals surface area contributed by atoms with Gasteiger partial charge in [-0.25, -0.2) is 9.97 Å². The molecule has 0 bridgehead atoms. The molecule has 0 amide bonds. The molecule has 4 rings (SSSR count). The molecule has 1 aliphatic rings. The normalized spacial score (nSPS) is 15.3. The number of aliphatic imine (C=N–C) groups is 1. The van der Waals surface area contributed by atoms with E-state index >= 15 is 0 Å². The predicted octanol–water partition coefficient (Wildman–Crippen LogP) is 4.14. The van der Waals surface area contributed by atoms with Crippen molar-refractivity contribution in [2.45, 2.75) is 39.8 Å². The molecule has 3 heterocycles. The number of benzene rings is 1. The van der Waals surface area contributed by atoms with Crippen molar-refractivity contribution in [3.05, 3.63) is 59.6 Å². The molecule has 3 aromatic rings. The summed E-state index contributed by atoms with van der Waals surface area (Å²) >= 11 is 0. The number of halogens is 1. The Balaban J connectivity index is 0.00000306. The van der Waals surface area contributed by atoms with E-state index in [1.54, 1.807) is 13.3 Å². The maximum atomic E-state index is 5.73. The van der Waals surface area contributed by atoms with E-state index in [9.17, 15) is 0 Å². The highest BCUT2D eigenvalue weighted by molar-refractivity contribution is 14.0. The van der Waals surface area contributed by atoms with Crippen LogP contribution in [0.25, 0.3) is 11.5 Å². The zero-order valence-electron chi connectivity index (χ0n) is 19.5. The molecule has 1 fully saturated rings. The lowest BCUT2D eigenvalue weighted by Crippen LogP contribution is -2.42. The lowest BCUT2D eigenvalue weighted by atomic mass is 9.97. The van der Waals surface area contributed by atoms with Gasteiger partial charge < -0.3 is 19.5 Å². The van der Waals surface area contributed by atoms with Gasteiger partial charge in [0.25, 0.3) is 0 Å². The minimum Gasteiger partial charge on any atom is -0.444 e. The van der Waals surface area contributed by atoms with Crippen molar-refractivity contribution in [3.8, 4) is 11.5 Å². The van der Waals surface area contributed by atoms with Crippen LogP contribution in [0.5, 0.6) is 0 Å². The third-order valence-corrected chi connectivity index (χ3v) is 5.93. The first-order valence-corrected chi connectivity index (χ1v) is 11.2. The Bertz CT molecular complexity index is 1010. The number of nitrogens with zero attached hydrogens (tertiary/aromatic N) is 4. The van der Waals surface area contributed by atoms with Gasteiger partial charge in [-0.1, -0.05) is 18.2 Å². The molecule has 0 aliphatic carbocycles. The van der Waals surface area contributed by atoms with Crippen molar-refractivity contribution in [2.24, 2.45) is 10.9 Å². The van der Waals surface area contributed by atoms with Crippen LogP contribution in [0.4, 0.5) is 0 Å². The highest BCUT2D eigenvalue weighted by atomic mass is 127. The Morgan fingerprint density at radius 3 is 2.55 bits per heavy atom. The summed E-state index contributed by atoms with van der Waals surface area (Å²) in [6.07, 6.45) is 3.98. The summed E-state index contributed by atoms with van der Waals surface area (Å²) in [6, 6.07) is 9.91. The maximum Gasteiger partial charge on any atom is 0.226 e. The van der Waals surface area contributed by atoms with Crippen LogP contribution in [-0.4, -0.2) is 47.5 Å². The van der Waals surface area contributed by atoms with E-state index in [1.165, 1.54) is 0 Å². The van der Waals surface area contributed by atoms with Gasteiger partial charge in [0.1, 0.15) is 12.0 Å². The number of likely N-dealkylation sites (tertiary alicyclic amines) is 1. The molecule has 1 aliphatic heterocycles. The molecule has 33 heavy (non-hydrogen) atoms. The molecule has 2 N–H and O–H groups in total. The SMILES string of the molecule is CN=C(NCc1coc(-c2ccccc2)n1)NCC1CCN(Cc2nc(C)c(C)o2)CC1.I. The molecule has 1 aromatic carbocycles. The molecular formula is C24H33IN6O2. The molecule has 0 unspecified atom stereocenters. The van der Waals surface area contributed by atoms with Gasteiger partial charge in [-0.2, -0.15) is 0 Å². The molecule has 0 radical (unpaired) electrons. The molecule has 9 heteroatoms. The fraction of sp³-hybridized carbons (Fsp3) is 0.458. The lowest BCUT2D eigenvalue weighted by Gasteiger charge is -2.31. The van der Waals surface area contributed by atoms with Gasteiger partial charge in [-0.05, 0) is 57.8 Å². The Kier molecular flexibility index (Phi) is 9.30. The van der Waals surface area contributed by atoms with E-state index in [1.807, 2.05) is 44.2 Å². The molecule has 8 nitrogen and oxygen atoms in total. The topological polar surface area (TPSA) is 91.7 Å². The third-order valence-electron chi connectivity index (χ3n) is 5.93. The molecule has 0 spiro atoms. The van der Waals surface area contributed by atoms with Gasteiger partial charge in [0.05, 0.1) is 24.5 Å². The minimum atomic E-state index is 0. The summed E-state index contributed by atoms with van der Waals surface area (Å²) in [5.41, 5.74) is 2.80. The van der Waals surface area contributed by atoms with E-state index in [0.29, 0.717) is 18.4 Å². The second-order valence-electron chi connectivity index (χ2n) is 8.29. The molecule has 0 saturated carbocycles. The van der Waals surface area contributed by atoms with Crippen molar-refractivity contribution in [3.63, 3.8) is 0 Å². The van der Waals surface area contributed by atoms with E-state index < -0.39 is 0 Å². The lowest BCUT2D eigenvalue weighted by molar-refractivity contribution is 0.164. The van der Waals surface area contributed by atoms with Crippen LogP contribution >= 0.6 is 24.0 Å². The zero-order chi connectivity index (χ0) is 22.3. The van der Waals surface area contributed by atoms with Gasteiger partial charge in [-0.3, -0.25) is 9.89 Å². The number of piperidine rings is 1. The second-order valence-corrected chi connectivity index (χ2v) is 8.29. The van der Waals surface area contributed by atoms with Gasteiger partial charge in [0, 0.05) is 19.2 Å². The van der Waals surface area contributed by atoms with Crippen molar-refractivity contribution in [1.82, 2.24) is 25.5 Å². The number of hydrogen-bond acceptors (Lipinski definition) is 6. The standard InChI is InChI=1S/C24H32N6O2.HI/c1-17-18(2)32-22(28-17)15-30-11-9-19(10-12-30)13-26-24(25-3)27-14-21-16-31-23(29-21)20-7-5-4-6-8-20;/h4-8,16,19H,9-15H2,1-3H3,(H2,25,26,27);1H. The van der Waals surface area contributed by atoms with Crippen LogP contribution in [0.2, 0.25) is 0 Å². The fourth-order valence-electron chi connectivity index (χ4n) is 3.88. The molecule has 1 saturated heterocycles. The van der Waals surface area contributed by atoms with E-state index in [2.05, 4.69) is 30.5 Å². The van der Waals surface area contributed by atoms with E-state index in [4.69, 9.17) is 8.83 Å². The second kappa shape index (κ2) is 12.2. The number of aryl methyl sites for hydroxylation is 2. The first-order chi connectivity index (χ1) is 15.6. The largest absolute Gasteiger partial charge is 0.444 e. The first-order valence-electron chi connectivity index (χ1n) is 11.2. The number of guanidine groups is 1. The molecule has 0 atom stereocenters. The van der Waals surface area contributed by atoms with Crippen LogP contribution in [0.15, 0.2) is 50.4 Å². The number of hydrogen-bond donors (Lipinski definition) is 2. The molecule has 2 aromatic heterocycles. The number of oxazole rings is 2. The monoisotopic (exact) mass is 564 g/mol. The van der Waals surface area contributed by atoms with Gasteiger partial charge in [-0.15, -0.1) is 24.0 Å². The summed E-state index contributed by atoms with van der Waals surface area (Å²) in [5, 5.41) is 6.78. The van der Waals surface area contributed by atoms with E-state index in [0.717, 1.165) is 73.6 Å². The van der Waals surface area contributed by atoms with Crippen molar-refractivity contribution in [2.75, 3.05) is 26.7 Å². The zero-order valence-corrected chi connectivity index (χ0v) is 21.8. The Morgan fingerprint density at radius 2 is 1.88 bits per heavy atom. The highest BCUT2D eigenvalue weighted by Crippen LogP contribution is 2.20. The van der Waals surface area contributed by atoms with Crippen molar-refractivity contribution >= 4 is 29.9 Å². The third kappa shape index (κ3) is 7.04. The summed E-state index contributed by atoms with van der Waals surface area (Å²) in [6.45, 7) is 8.32. The summed E-state index contributed by atoms with van der Waals surface area (Å²) in [7, 11) is 1.79. The summed E-state index contributed by atoms with van der Waals surface area (Å²) in [5.74, 6) is 3.77. The fourth-order valence-corrected chi connectivity index (χ4v) is 3.88. The molecular weight excluding hydrogens is 531 g/mol. The number of nitrogens with one attached hydrogen (secondary N) is 2. The van der Waals surface area contributed by atoms with Crippen LogP contribution < -0.4 is 10.6 Å². The van der Waals surface area contributed by atoms with E-state index in [-0.39, 0.29) is 24.0 Å². The Hall–Kier alpha value is -2.40. The smallest absolute Gasteiger partial charge is 0.226 e. The van der Waals surface area contributed by atoms with Crippen molar-refractivity contribution in [1.29, 1.82) is 0 Å². The summed E-state index contributed by atoms with van der Waals surface area (Å²) < 4.78 is 11.3. The van der Waals surface area contributed by atoms with Gasteiger partial charge in [0.15, 0.2) is 5.96 Å². The highest BCUT2D eigenvalue weighted by Gasteiger charge is 2.21. The van der Waals surface area contributed by atoms with Gasteiger partial charge in [0.2, 0.25) is 11.8 Å². The number of rotatable bonds is 7. The Morgan fingerprint density at radius 1 is 1.12 bits per heavy atom. The first kappa shape index (κ1) is 25.2. The average Bonchev–Trinajstić information content (AvgIpc) is 3.41. The quantitative estimate of drug-likeness (QED) is 0.253. The van der Waals surface area contributed by atoms with Crippen molar-refractivity contribution < 1.29 is 8.83 Å². The van der Waals surface area contributed by atoms with Gasteiger partial charge >= 0.3 is 0 Å². The predicted molar refractivity (Wildman–Crippen MR) is 140 cm³/mol. The van der Waals surface area contributed by atoms with Crippen LogP contribution in [-0.2, 0) is 13.1 Å².